The highest BCUT2D eigenvalue weighted by molar-refractivity contribution is 5.67. The van der Waals surface area contributed by atoms with Crippen LogP contribution in [0.25, 0.3) is 11.3 Å². The molecule has 0 saturated carbocycles. The number of para-hydroxylation sites is 1. The number of nitrogens with one attached hydrogen (secondary N) is 2. The van der Waals surface area contributed by atoms with Gasteiger partial charge in [0, 0.05) is 30.1 Å². The predicted octanol–water partition coefficient (Wildman–Crippen LogP) is 4.77. The molecule has 7 heteroatoms. The van der Waals surface area contributed by atoms with Crippen molar-refractivity contribution in [3.8, 4) is 11.3 Å². The van der Waals surface area contributed by atoms with Gasteiger partial charge in [-0.2, -0.15) is 4.98 Å². The Balaban J connectivity index is 2.02. The Kier molecular flexibility index (Phi) is 5.36. The van der Waals surface area contributed by atoms with Gasteiger partial charge in [0.2, 0.25) is 5.95 Å². The van der Waals surface area contributed by atoms with E-state index in [0.29, 0.717) is 11.6 Å². The van der Waals surface area contributed by atoms with Crippen LogP contribution in [0.15, 0.2) is 48.8 Å². The zero-order chi connectivity index (χ0) is 18.5. The van der Waals surface area contributed by atoms with Crippen molar-refractivity contribution in [3.05, 3.63) is 60.4 Å². The van der Waals surface area contributed by atoms with E-state index in [2.05, 4.69) is 25.6 Å². The lowest BCUT2D eigenvalue weighted by Crippen LogP contribution is -2.16. The van der Waals surface area contributed by atoms with Crippen molar-refractivity contribution in [3.63, 3.8) is 0 Å². The molecule has 0 aliphatic rings. The zero-order valence-electron chi connectivity index (χ0n) is 14.5. The molecule has 0 aliphatic carbocycles. The summed E-state index contributed by atoms with van der Waals surface area (Å²) in [6, 6.07) is 9.12. The molecule has 1 atom stereocenters. The topological polar surface area (TPSA) is 62.7 Å². The first-order valence-corrected chi connectivity index (χ1v) is 8.34. The fourth-order valence-electron chi connectivity index (χ4n) is 2.31. The lowest BCUT2D eigenvalue weighted by molar-refractivity contribution is 0.590. The third-order valence-corrected chi connectivity index (χ3v) is 3.89. The summed E-state index contributed by atoms with van der Waals surface area (Å²) in [7, 11) is 0. The fourth-order valence-corrected chi connectivity index (χ4v) is 2.31. The minimum absolute atomic E-state index is 0.150. The zero-order valence-corrected chi connectivity index (χ0v) is 14.5. The molecule has 2 N–H and O–H groups in total. The van der Waals surface area contributed by atoms with E-state index in [1.165, 1.54) is 18.2 Å². The average molecular weight is 355 g/mol. The summed E-state index contributed by atoms with van der Waals surface area (Å²) in [4.78, 5) is 12.9. The van der Waals surface area contributed by atoms with E-state index in [-0.39, 0.29) is 17.5 Å². The standard InChI is InChI=1S/C19H19F2N5/c1-3-12(2)23-19-24-16(13-6-5-9-22-11-13)10-17(26-19)25-18-14(20)7-4-8-15(18)21/h4-12H,3H2,1-2H3,(H2,23,24,25,26)/t12-/m0/s1. The first-order valence-electron chi connectivity index (χ1n) is 8.34. The van der Waals surface area contributed by atoms with E-state index in [1.807, 2.05) is 19.9 Å². The molecule has 0 spiro atoms. The Morgan fingerprint density at radius 2 is 1.85 bits per heavy atom. The van der Waals surface area contributed by atoms with Crippen molar-refractivity contribution < 1.29 is 8.78 Å². The first-order chi connectivity index (χ1) is 12.6. The van der Waals surface area contributed by atoms with Gasteiger partial charge in [-0.1, -0.05) is 13.0 Å². The smallest absolute Gasteiger partial charge is 0.225 e. The van der Waals surface area contributed by atoms with Crippen LogP contribution in [0.3, 0.4) is 0 Å². The highest BCUT2D eigenvalue weighted by atomic mass is 19.1. The Hall–Kier alpha value is -3.09. The maximum absolute atomic E-state index is 14.0. The summed E-state index contributed by atoms with van der Waals surface area (Å²) in [6.07, 6.45) is 4.21. The number of hydrogen-bond donors (Lipinski definition) is 2. The van der Waals surface area contributed by atoms with Gasteiger partial charge in [0.25, 0.3) is 0 Å². The highest BCUT2D eigenvalue weighted by Gasteiger charge is 2.13. The molecule has 0 bridgehead atoms. The molecule has 0 amide bonds. The monoisotopic (exact) mass is 355 g/mol. The number of anilines is 3. The maximum atomic E-state index is 14.0. The summed E-state index contributed by atoms with van der Waals surface area (Å²) >= 11 is 0. The molecular weight excluding hydrogens is 336 g/mol. The molecule has 134 valence electrons. The summed E-state index contributed by atoms with van der Waals surface area (Å²) in [5, 5.41) is 5.91. The third-order valence-electron chi connectivity index (χ3n) is 3.89. The quantitative estimate of drug-likeness (QED) is 0.667. The second kappa shape index (κ2) is 7.86. The van der Waals surface area contributed by atoms with Crippen LogP contribution in [0.4, 0.5) is 26.2 Å². The van der Waals surface area contributed by atoms with Gasteiger partial charge >= 0.3 is 0 Å². The van der Waals surface area contributed by atoms with Crippen molar-refractivity contribution in [2.75, 3.05) is 10.6 Å². The van der Waals surface area contributed by atoms with Gasteiger partial charge < -0.3 is 10.6 Å². The molecular formula is C19H19F2N5. The minimum atomic E-state index is -0.692. The Labute approximate surface area is 150 Å². The summed E-state index contributed by atoms with van der Waals surface area (Å²) in [6.45, 7) is 4.04. The molecule has 2 aromatic heterocycles. The summed E-state index contributed by atoms with van der Waals surface area (Å²) in [5.41, 5.74) is 1.12. The molecule has 3 aromatic rings. The number of halogens is 2. The molecule has 0 unspecified atom stereocenters. The van der Waals surface area contributed by atoms with Gasteiger partial charge in [-0.25, -0.2) is 13.8 Å². The van der Waals surface area contributed by atoms with Gasteiger partial charge in [0.1, 0.15) is 23.1 Å². The predicted molar refractivity (Wildman–Crippen MR) is 98.3 cm³/mol. The fraction of sp³-hybridized carbons (Fsp3) is 0.211. The third kappa shape index (κ3) is 4.11. The van der Waals surface area contributed by atoms with Crippen molar-refractivity contribution in [2.45, 2.75) is 26.3 Å². The van der Waals surface area contributed by atoms with Crippen LogP contribution in [-0.2, 0) is 0 Å². The Morgan fingerprint density at radius 1 is 1.08 bits per heavy atom. The Bertz CT molecular complexity index is 866. The number of rotatable bonds is 6. The maximum Gasteiger partial charge on any atom is 0.225 e. The van der Waals surface area contributed by atoms with Gasteiger partial charge in [0.05, 0.1) is 5.69 Å². The number of hydrogen-bond acceptors (Lipinski definition) is 5. The number of pyridine rings is 1. The van der Waals surface area contributed by atoms with E-state index in [0.717, 1.165) is 12.0 Å². The lowest BCUT2D eigenvalue weighted by Gasteiger charge is -2.15. The van der Waals surface area contributed by atoms with Crippen molar-refractivity contribution >= 4 is 17.5 Å². The summed E-state index contributed by atoms with van der Waals surface area (Å²) < 4.78 is 27.9. The van der Waals surface area contributed by atoms with Gasteiger partial charge in [-0.15, -0.1) is 0 Å². The van der Waals surface area contributed by atoms with Crippen LogP contribution < -0.4 is 10.6 Å². The van der Waals surface area contributed by atoms with Crippen LogP contribution in [0.2, 0.25) is 0 Å². The number of benzene rings is 1. The van der Waals surface area contributed by atoms with Crippen molar-refractivity contribution in [1.29, 1.82) is 0 Å². The SMILES string of the molecule is CC[C@H](C)Nc1nc(Nc2c(F)cccc2F)cc(-c2cccnc2)n1. The van der Waals surface area contributed by atoms with E-state index in [1.54, 1.807) is 24.5 Å². The highest BCUT2D eigenvalue weighted by Crippen LogP contribution is 2.26. The molecule has 3 rings (SSSR count). The van der Waals surface area contributed by atoms with Crippen LogP contribution in [-0.4, -0.2) is 21.0 Å². The van der Waals surface area contributed by atoms with E-state index in [4.69, 9.17) is 0 Å². The second-order valence-corrected chi connectivity index (χ2v) is 5.88. The molecule has 26 heavy (non-hydrogen) atoms. The molecule has 0 radical (unpaired) electrons. The van der Waals surface area contributed by atoms with Gasteiger partial charge in [-0.05, 0) is 37.6 Å². The van der Waals surface area contributed by atoms with Crippen LogP contribution in [0.5, 0.6) is 0 Å². The van der Waals surface area contributed by atoms with E-state index in [9.17, 15) is 8.78 Å². The molecule has 2 heterocycles. The molecule has 5 nitrogen and oxygen atoms in total. The average Bonchev–Trinajstić information content (AvgIpc) is 2.65. The van der Waals surface area contributed by atoms with Gasteiger partial charge in [-0.3, -0.25) is 4.98 Å². The molecule has 0 saturated heterocycles. The van der Waals surface area contributed by atoms with Gasteiger partial charge in [0.15, 0.2) is 0 Å². The van der Waals surface area contributed by atoms with Crippen LogP contribution >= 0.6 is 0 Å². The molecule has 1 aromatic carbocycles. The largest absolute Gasteiger partial charge is 0.352 e. The number of nitrogens with zero attached hydrogens (tertiary/aromatic N) is 3. The first kappa shape index (κ1) is 17.7. The lowest BCUT2D eigenvalue weighted by atomic mass is 10.2. The molecule has 0 fully saturated rings. The number of aromatic nitrogens is 3. The van der Waals surface area contributed by atoms with Crippen molar-refractivity contribution in [2.24, 2.45) is 0 Å². The Morgan fingerprint density at radius 3 is 2.50 bits per heavy atom. The van der Waals surface area contributed by atoms with Crippen molar-refractivity contribution in [1.82, 2.24) is 15.0 Å². The normalized spacial score (nSPS) is 11.8. The summed E-state index contributed by atoms with van der Waals surface area (Å²) in [5.74, 6) is -0.723. The van der Waals surface area contributed by atoms with Crippen LogP contribution in [0.1, 0.15) is 20.3 Å². The van der Waals surface area contributed by atoms with Crippen LogP contribution in [0, 0.1) is 11.6 Å². The minimum Gasteiger partial charge on any atom is -0.352 e. The molecule has 0 aliphatic heterocycles. The van der Waals surface area contributed by atoms with E-state index >= 15 is 0 Å². The second-order valence-electron chi connectivity index (χ2n) is 5.88. The van der Waals surface area contributed by atoms with E-state index < -0.39 is 11.6 Å².